The van der Waals surface area contributed by atoms with E-state index in [2.05, 4.69) is 15.2 Å². The molecule has 1 aliphatic rings. The molecule has 0 aliphatic heterocycles. The molecule has 2 aromatic rings. The number of hydrogen-bond acceptors (Lipinski definition) is 6. The Balaban J connectivity index is 1.92. The Kier molecular flexibility index (Phi) is 4.91. The first-order valence-electron chi connectivity index (χ1n) is 6.46. The summed E-state index contributed by atoms with van der Waals surface area (Å²) in [4.78, 5) is 28.6. The van der Waals surface area contributed by atoms with Gasteiger partial charge in [-0.3, -0.25) is 9.59 Å². The molecule has 0 radical (unpaired) electrons. The summed E-state index contributed by atoms with van der Waals surface area (Å²) >= 11 is 18.5. The largest absolute Gasteiger partial charge is 0.287 e. The highest BCUT2D eigenvalue weighted by Gasteiger charge is 2.34. The SMILES string of the molecule is O=C1C(Cl)=C(Cl)C(=O)C(c2cnc(N=Nc3ccccc3)s2)=C1Cl. The molecule has 24 heavy (non-hydrogen) atoms. The lowest BCUT2D eigenvalue weighted by Gasteiger charge is -2.12. The first-order valence-corrected chi connectivity index (χ1v) is 8.41. The summed E-state index contributed by atoms with van der Waals surface area (Å²) in [5.74, 6) is -1.32. The summed E-state index contributed by atoms with van der Waals surface area (Å²) in [6.45, 7) is 0. The predicted molar refractivity (Wildman–Crippen MR) is 94.3 cm³/mol. The molecule has 1 heterocycles. The second kappa shape index (κ2) is 6.94. The van der Waals surface area contributed by atoms with E-state index < -0.39 is 11.6 Å². The first-order chi connectivity index (χ1) is 11.5. The van der Waals surface area contributed by atoms with Crippen LogP contribution in [0.1, 0.15) is 4.88 Å². The van der Waals surface area contributed by atoms with Gasteiger partial charge in [-0.1, -0.05) is 64.3 Å². The Bertz CT molecular complexity index is 932. The van der Waals surface area contributed by atoms with E-state index >= 15 is 0 Å². The van der Waals surface area contributed by atoms with Gasteiger partial charge in [-0.15, -0.1) is 10.2 Å². The molecule has 0 saturated heterocycles. The lowest BCUT2D eigenvalue weighted by Crippen LogP contribution is -2.16. The van der Waals surface area contributed by atoms with Crippen molar-refractivity contribution in [1.82, 2.24) is 4.98 Å². The molecule has 0 spiro atoms. The summed E-state index contributed by atoms with van der Waals surface area (Å²) in [7, 11) is 0. The summed E-state index contributed by atoms with van der Waals surface area (Å²) in [5, 5.41) is 7.30. The van der Waals surface area contributed by atoms with Crippen molar-refractivity contribution in [3.8, 4) is 0 Å². The van der Waals surface area contributed by atoms with E-state index in [1.54, 1.807) is 12.1 Å². The van der Waals surface area contributed by atoms with Crippen LogP contribution in [0.15, 0.2) is 61.9 Å². The number of halogens is 3. The summed E-state index contributed by atoms with van der Waals surface area (Å²) < 4.78 is 0. The average molecular weight is 399 g/mol. The van der Waals surface area contributed by atoms with Crippen LogP contribution in [-0.4, -0.2) is 16.6 Å². The Morgan fingerprint density at radius 3 is 2.25 bits per heavy atom. The maximum absolute atomic E-state index is 12.2. The van der Waals surface area contributed by atoms with Crippen molar-refractivity contribution in [2.45, 2.75) is 0 Å². The molecule has 1 aliphatic carbocycles. The third-order valence-electron chi connectivity index (χ3n) is 2.98. The third-order valence-corrected chi connectivity index (χ3v) is 5.06. The molecule has 0 amide bonds. The van der Waals surface area contributed by atoms with Crippen LogP contribution in [0.4, 0.5) is 10.8 Å². The van der Waals surface area contributed by atoms with Crippen LogP contribution in [0, 0.1) is 0 Å². The molecular formula is C15H6Cl3N3O2S. The summed E-state index contributed by atoms with van der Waals surface area (Å²) in [6.07, 6.45) is 1.39. The molecule has 9 heteroatoms. The maximum Gasteiger partial charge on any atom is 0.230 e. The number of azo groups is 1. The molecule has 1 aromatic heterocycles. The number of benzene rings is 1. The lowest BCUT2D eigenvalue weighted by molar-refractivity contribution is -0.114. The van der Waals surface area contributed by atoms with E-state index in [-0.39, 0.29) is 20.7 Å². The zero-order valence-corrected chi connectivity index (χ0v) is 14.7. The van der Waals surface area contributed by atoms with Crippen molar-refractivity contribution in [2.24, 2.45) is 10.2 Å². The van der Waals surface area contributed by atoms with E-state index in [0.717, 1.165) is 11.3 Å². The van der Waals surface area contributed by atoms with Crippen molar-refractivity contribution in [2.75, 3.05) is 0 Å². The fourth-order valence-corrected chi connectivity index (χ4v) is 3.39. The van der Waals surface area contributed by atoms with Crippen LogP contribution in [0.25, 0.3) is 5.57 Å². The minimum atomic E-state index is -0.696. The number of nitrogens with zero attached hydrogens (tertiary/aromatic N) is 3. The van der Waals surface area contributed by atoms with Gasteiger partial charge in [0.25, 0.3) is 0 Å². The van der Waals surface area contributed by atoms with E-state index in [4.69, 9.17) is 34.8 Å². The number of Topliss-reactive ketones (excluding diaryl/α,β-unsaturated/α-hetero) is 2. The predicted octanol–water partition coefficient (Wildman–Crippen LogP) is 5.35. The van der Waals surface area contributed by atoms with E-state index in [1.807, 2.05) is 18.2 Å². The molecule has 5 nitrogen and oxygen atoms in total. The van der Waals surface area contributed by atoms with Crippen LogP contribution >= 0.6 is 46.1 Å². The number of thiazole rings is 1. The van der Waals surface area contributed by atoms with Crippen molar-refractivity contribution in [3.05, 3.63) is 56.5 Å². The third kappa shape index (κ3) is 3.18. The summed E-state index contributed by atoms with van der Waals surface area (Å²) in [6, 6.07) is 9.09. The lowest BCUT2D eigenvalue weighted by atomic mass is 10.0. The Hall–Kier alpha value is -1.86. The van der Waals surface area contributed by atoms with Gasteiger partial charge in [0.05, 0.1) is 16.1 Å². The van der Waals surface area contributed by atoms with Crippen molar-refractivity contribution < 1.29 is 9.59 Å². The van der Waals surface area contributed by atoms with Gasteiger partial charge in [-0.25, -0.2) is 4.98 Å². The number of hydrogen-bond donors (Lipinski definition) is 0. The Morgan fingerprint density at radius 2 is 1.54 bits per heavy atom. The summed E-state index contributed by atoms with van der Waals surface area (Å²) in [5.41, 5.74) is 0.628. The zero-order chi connectivity index (χ0) is 17.3. The van der Waals surface area contributed by atoms with Crippen LogP contribution in [0.5, 0.6) is 0 Å². The molecule has 0 saturated carbocycles. The number of aromatic nitrogens is 1. The van der Waals surface area contributed by atoms with Crippen LogP contribution in [0.2, 0.25) is 0 Å². The standard InChI is InChI=1S/C15H6Cl3N3O2S/c16-10-9(13(22)11(17)12(18)14(10)23)8-6-19-15(24-8)21-20-7-4-2-1-3-5-7/h1-6H. The number of carbonyl (C=O) groups is 2. The van der Waals surface area contributed by atoms with E-state index in [1.165, 1.54) is 6.20 Å². The molecule has 3 rings (SSSR count). The molecular weight excluding hydrogens is 393 g/mol. The monoisotopic (exact) mass is 397 g/mol. The fraction of sp³-hybridized carbons (Fsp3) is 0. The molecule has 0 fully saturated rings. The van der Waals surface area contributed by atoms with Gasteiger partial charge in [-0.2, -0.15) is 0 Å². The van der Waals surface area contributed by atoms with Crippen LogP contribution in [-0.2, 0) is 9.59 Å². The van der Waals surface area contributed by atoms with Crippen LogP contribution in [0.3, 0.4) is 0 Å². The fourth-order valence-electron chi connectivity index (χ4n) is 1.86. The van der Waals surface area contributed by atoms with Crippen molar-refractivity contribution in [1.29, 1.82) is 0 Å². The second-order valence-corrected chi connectivity index (χ2v) is 6.66. The van der Waals surface area contributed by atoms with E-state index in [0.29, 0.717) is 15.7 Å². The number of rotatable bonds is 3. The van der Waals surface area contributed by atoms with E-state index in [9.17, 15) is 9.59 Å². The number of ketones is 2. The highest BCUT2D eigenvalue weighted by Crippen LogP contribution is 2.39. The minimum Gasteiger partial charge on any atom is -0.287 e. The Labute approximate surface area is 155 Å². The van der Waals surface area contributed by atoms with Gasteiger partial charge in [0.1, 0.15) is 15.1 Å². The normalized spacial score (nSPS) is 15.8. The highest BCUT2D eigenvalue weighted by molar-refractivity contribution is 7.16. The molecule has 0 atom stereocenters. The smallest absolute Gasteiger partial charge is 0.230 e. The molecule has 0 unspecified atom stereocenters. The minimum absolute atomic E-state index is 0.0327. The van der Waals surface area contributed by atoms with Gasteiger partial charge >= 0.3 is 0 Å². The first kappa shape index (κ1) is 17.0. The molecule has 0 bridgehead atoms. The topological polar surface area (TPSA) is 71.8 Å². The molecule has 0 N–H and O–H groups in total. The number of allylic oxidation sites excluding steroid dienone is 4. The van der Waals surface area contributed by atoms with Gasteiger partial charge in [-0.05, 0) is 12.1 Å². The second-order valence-electron chi connectivity index (χ2n) is 4.52. The van der Waals surface area contributed by atoms with Gasteiger partial charge < -0.3 is 0 Å². The maximum atomic E-state index is 12.2. The molecule has 1 aromatic carbocycles. The zero-order valence-electron chi connectivity index (χ0n) is 11.7. The molecule has 120 valence electrons. The van der Waals surface area contributed by atoms with Gasteiger partial charge in [0.15, 0.2) is 0 Å². The van der Waals surface area contributed by atoms with Crippen molar-refractivity contribution in [3.63, 3.8) is 0 Å². The van der Waals surface area contributed by atoms with Crippen LogP contribution < -0.4 is 0 Å². The van der Waals surface area contributed by atoms with Gasteiger partial charge in [0, 0.05) is 6.20 Å². The number of carbonyl (C=O) groups excluding carboxylic acids is 2. The average Bonchev–Trinajstić information content (AvgIpc) is 3.06. The quantitative estimate of drug-likeness (QED) is 0.517. The van der Waals surface area contributed by atoms with Gasteiger partial charge in [0.2, 0.25) is 16.7 Å². The Morgan fingerprint density at radius 1 is 0.875 bits per heavy atom. The van der Waals surface area contributed by atoms with Crippen molar-refractivity contribution >= 4 is 74.1 Å². The highest BCUT2D eigenvalue weighted by atomic mass is 35.5.